The summed E-state index contributed by atoms with van der Waals surface area (Å²) in [5, 5.41) is 17.2. The zero-order chi connectivity index (χ0) is 23.7. The number of nitrogens with one attached hydrogen (secondary N) is 4. The fourth-order valence-corrected chi connectivity index (χ4v) is 4.07. The van der Waals surface area contributed by atoms with Crippen LogP contribution in [0.2, 0.25) is 13.1 Å². The van der Waals surface area contributed by atoms with Gasteiger partial charge in [-0.15, -0.1) is 0 Å². The lowest BCUT2D eigenvalue weighted by Gasteiger charge is -2.22. The second-order valence-electron chi connectivity index (χ2n) is 7.86. The predicted molar refractivity (Wildman–Crippen MR) is 133 cm³/mol. The molecule has 2 unspecified atom stereocenters. The van der Waals surface area contributed by atoms with Gasteiger partial charge in [-0.1, -0.05) is 42.5 Å². The van der Waals surface area contributed by atoms with Gasteiger partial charge in [0.05, 0.1) is 15.9 Å². The quantitative estimate of drug-likeness (QED) is 0.329. The van der Waals surface area contributed by atoms with E-state index in [9.17, 15) is 9.59 Å². The van der Waals surface area contributed by atoms with Crippen molar-refractivity contribution >= 4 is 37.7 Å². The van der Waals surface area contributed by atoms with E-state index < -0.39 is 20.9 Å². The lowest BCUT2D eigenvalue weighted by Crippen LogP contribution is -2.45. The second-order valence-corrected chi connectivity index (χ2v) is 10.8. The van der Waals surface area contributed by atoms with E-state index in [1.165, 1.54) is 5.19 Å². The maximum absolute atomic E-state index is 13.2. The van der Waals surface area contributed by atoms with E-state index in [1.54, 1.807) is 51.3 Å². The molecule has 0 fully saturated rings. The van der Waals surface area contributed by atoms with Crippen LogP contribution in [0.5, 0.6) is 5.75 Å². The number of ether oxygens (including phenoxy) is 1. The Morgan fingerprint density at radius 3 is 2.16 bits per heavy atom. The first kappa shape index (κ1) is 24.9. The van der Waals surface area contributed by atoms with Gasteiger partial charge < -0.3 is 26.1 Å². The van der Waals surface area contributed by atoms with Crippen molar-refractivity contribution in [3.05, 3.63) is 65.9 Å². The van der Waals surface area contributed by atoms with Gasteiger partial charge in [0.2, 0.25) is 5.91 Å². The highest BCUT2D eigenvalue weighted by Crippen LogP contribution is 2.20. The number of allylic oxidation sites excluding steroid dienone is 2. The maximum Gasteiger partial charge on any atom is 0.251 e. The molecule has 2 atom stereocenters. The van der Waals surface area contributed by atoms with E-state index in [2.05, 4.69) is 29.0 Å². The molecular formula is C24H32N4O3Si. The van der Waals surface area contributed by atoms with E-state index in [4.69, 9.17) is 10.1 Å². The van der Waals surface area contributed by atoms with Crippen LogP contribution >= 0.6 is 0 Å². The highest BCUT2D eigenvalue weighted by molar-refractivity contribution is 6.70. The Kier molecular flexibility index (Phi) is 9.21. The molecule has 0 aliphatic heterocycles. The summed E-state index contributed by atoms with van der Waals surface area (Å²) in [5.41, 5.74) is 2.00. The second kappa shape index (κ2) is 11.9. The fraction of sp³-hybridized carbons (Fsp3) is 0.292. The Morgan fingerprint density at radius 1 is 1.00 bits per heavy atom. The number of rotatable bonds is 10. The lowest BCUT2D eigenvalue weighted by atomic mass is 10.0. The molecule has 0 heterocycles. The zero-order valence-electron chi connectivity index (χ0n) is 19.2. The third-order valence-electron chi connectivity index (χ3n) is 5.01. The van der Waals surface area contributed by atoms with E-state index in [0.717, 1.165) is 6.21 Å². The van der Waals surface area contributed by atoms with Crippen LogP contribution in [0.1, 0.15) is 25.5 Å². The van der Waals surface area contributed by atoms with Crippen molar-refractivity contribution < 1.29 is 14.3 Å². The molecule has 32 heavy (non-hydrogen) atoms. The number of hydrogen-bond donors (Lipinski definition) is 4. The molecule has 0 aliphatic carbocycles. The average molecular weight is 453 g/mol. The molecule has 4 N–H and O–H groups in total. The first-order valence-electron chi connectivity index (χ1n) is 10.5. The standard InChI is InChI=1S/C24H32N4O3Si/c1-16(14-15-25)26-17(2)23(29)28-22(18-6-10-20(31-3)11-7-18)24(30)27-19-8-12-21(13-9-19)32(4)5/h6-15,17,22,25-26,32H,1-5H3,(H,27,30)(H,28,29)/b16-14-,25-15?. The number of carbonyl (C=O) groups is 2. The average Bonchev–Trinajstić information content (AvgIpc) is 2.77. The molecule has 2 rings (SSSR count). The highest BCUT2D eigenvalue weighted by atomic mass is 28.3. The molecule has 170 valence electrons. The summed E-state index contributed by atoms with van der Waals surface area (Å²) >= 11 is 0. The van der Waals surface area contributed by atoms with Crippen LogP contribution in [0.4, 0.5) is 5.69 Å². The van der Waals surface area contributed by atoms with Crippen LogP contribution in [0.25, 0.3) is 0 Å². The molecule has 7 nitrogen and oxygen atoms in total. The van der Waals surface area contributed by atoms with Crippen molar-refractivity contribution in [2.75, 3.05) is 12.4 Å². The Balaban J connectivity index is 2.22. The van der Waals surface area contributed by atoms with Crippen molar-refractivity contribution in [3.8, 4) is 5.75 Å². The smallest absolute Gasteiger partial charge is 0.251 e. The molecule has 8 heteroatoms. The highest BCUT2D eigenvalue weighted by Gasteiger charge is 2.25. The van der Waals surface area contributed by atoms with Crippen molar-refractivity contribution in [1.82, 2.24) is 10.6 Å². The predicted octanol–water partition coefficient (Wildman–Crippen LogP) is 2.72. The Morgan fingerprint density at radius 2 is 1.62 bits per heavy atom. The van der Waals surface area contributed by atoms with Crippen molar-refractivity contribution in [2.45, 2.75) is 39.0 Å². The number of amides is 2. The number of methoxy groups -OCH3 is 1. The molecule has 0 saturated heterocycles. The summed E-state index contributed by atoms with van der Waals surface area (Å²) in [6.07, 6.45) is 2.70. The van der Waals surface area contributed by atoms with Gasteiger partial charge in [-0.25, -0.2) is 0 Å². The summed E-state index contributed by atoms with van der Waals surface area (Å²) < 4.78 is 5.20. The van der Waals surface area contributed by atoms with Gasteiger partial charge in [0.15, 0.2) is 0 Å². The Hall–Kier alpha value is -3.39. The summed E-state index contributed by atoms with van der Waals surface area (Å²) in [7, 11) is 0.654. The minimum Gasteiger partial charge on any atom is -0.497 e. The minimum absolute atomic E-state index is 0.333. The van der Waals surface area contributed by atoms with Gasteiger partial charge in [0.25, 0.3) is 5.91 Å². The van der Waals surface area contributed by atoms with Crippen LogP contribution in [-0.4, -0.2) is 40.0 Å². The van der Waals surface area contributed by atoms with Gasteiger partial charge in [-0.2, -0.15) is 0 Å². The number of benzene rings is 2. The van der Waals surface area contributed by atoms with E-state index >= 15 is 0 Å². The van der Waals surface area contributed by atoms with E-state index in [-0.39, 0.29) is 11.8 Å². The SMILES string of the molecule is COc1ccc(C(NC(=O)C(C)N/C(C)=C\C=N)C(=O)Nc2ccc([SiH](C)C)cc2)cc1. The molecular weight excluding hydrogens is 420 g/mol. The molecule has 2 amide bonds. The van der Waals surface area contributed by atoms with Gasteiger partial charge in [0, 0.05) is 17.6 Å². The molecule has 2 aromatic rings. The maximum atomic E-state index is 13.2. The van der Waals surface area contributed by atoms with Crippen LogP contribution in [0.15, 0.2) is 60.3 Å². The van der Waals surface area contributed by atoms with Gasteiger partial charge >= 0.3 is 0 Å². The molecule has 2 aromatic carbocycles. The molecule has 0 bridgehead atoms. The Labute approximate surface area is 191 Å². The first-order chi connectivity index (χ1) is 15.2. The van der Waals surface area contributed by atoms with E-state index in [1.807, 2.05) is 24.3 Å². The van der Waals surface area contributed by atoms with Gasteiger partial charge in [-0.3, -0.25) is 9.59 Å². The summed E-state index contributed by atoms with van der Waals surface area (Å²) in [5.74, 6) is -0.00742. The van der Waals surface area contributed by atoms with Crippen LogP contribution in [-0.2, 0) is 9.59 Å². The monoisotopic (exact) mass is 452 g/mol. The molecule has 0 spiro atoms. The van der Waals surface area contributed by atoms with Crippen LogP contribution in [0, 0.1) is 5.41 Å². The number of carbonyl (C=O) groups excluding carboxylic acids is 2. The number of anilines is 1. The number of hydrogen-bond acceptors (Lipinski definition) is 5. The summed E-state index contributed by atoms with van der Waals surface area (Å²) in [6, 6.07) is 13.4. The van der Waals surface area contributed by atoms with Crippen LogP contribution < -0.4 is 25.9 Å². The summed E-state index contributed by atoms with van der Waals surface area (Å²) in [6.45, 7) is 7.97. The fourth-order valence-electron chi connectivity index (χ4n) is 3.11. The largest absolute Gasteiger partial charge is 0.497 e. The topological polar surface area (TPSA) is 103 Å². The molecule has 0 aliphatic rings. The Bertz CT molecular complexity index is 956. The van der Waals surface area contributed by atoms with Crippen molar-refractivity contribution in [3.63, 3.8) is 0 Å². The normalized spacial score (nSPS) is 13.1. The third kappa shape index (κ3) is 7.09. The lowest BCUT2D eigenvalue weighted by molar-refractivity contribution is -0.127. The molecule has 0 radical (unpaired) electrons. The van der Waals surface area contributed by atoms with Crippen molar-refractivity contribution in [2.24, 2.45) is 0 Å². The third-order valence-corrected chi connectivity index (χ3v) is 6.73. The molecule has 0 saturated carbocycles. The minimum atomic E-state index is -0.918. The van der Waals surface area contributed by atoms with Gasteiger partial charge in [-0.05, 0) is 49.8 Å². The van der Waals surface area contributed by atoms with E-state index in [0.29, 0.717) is 22.7 Å². The first-order valence-corrected chi connectivity index (χ1v) is 13.4. The molecule has 0 aromatic heterocycles. The van der Waals surface area contributed by atoms with Crippen molar-refractivity contribution in [1.29, 1.82) is 5.41 Å². The zero-order valence-corrected chi connectivity index (χ0v) is 20.4. The van der Waals surface area contributed by atoms with Crippen LogP contribution in [0.3, 0.4) is 0 Å². The van der Waals surface area contributed by atoms with Gasteiger partial charge in [0.1, 0.15) is 17.8 Å². The summed E-state index contributed by atoms with van der Waals surface area (Å²) in [4.78, 5) is 26.0.